The van der Waals surface area contributed by atoms with E-state index in [9.17, 15) is 14.4 Å². The van der Waals surface area contributed by atoms with E-state index in [2.05, 4.69) is 45.9 Å². The number of imide groups is 2. The molecule has 1 aromatic rings. The second-order valence-corrected chi connectivity index (χ2v) is 14.3. The number of rotatable bonds is 3. The molecule has 7 aliphatic rings. The highest BCUT2D eigenvalue weighted by Gasteiger charge is 2.64. The van der Waals surface area contributed by atoms with Gasteiger partial charge < -0.3 is 0 Å². The van der Waals surface area contributed by atoms with Gasteiger partial charge in [-0.15, -0.1) is 0 Å². The normalized spacial score (nSPS) is 42.6. The third kappa shape index (κ3) is 3.18. The molecule has 0 radical (unpaired) electrons. The minimum absolute atomic E-state index is 0.0677. The molecule has 0 aromatic heterocycles. The third-order valence-corrected chi connectivity index (χ3v) is 12.0. The van der Waals surface area contributed by atoms with Crippen molar-refractivity contribution in [2.24, 2.45) is 29.6 Å². The predicted molar refractivity (Wildman–Crippen MR) is 142 cm³/mol. The average Bonchev–Trinajstić information content (AvgIpc) is 3.06. The molecule has 1 aromatic carbocycles. The van der Waals surface area contributed by atoms with Crippen molar-refractivity contribution >= 4 is 17.8 Å². The summed E-state index contributed by atoms with van der Waals surface area (Å²) in [6.07, 6.45) is 10.5. The quantitative estimate of drug-likeness (QED) is 0.366. The Morgan fingerprint density at radius 3 is 2.22 bits per heavy atom. The number of carbonyl (C=O) groups excluding carboxylic acids is 3. The van der Waals surface area contributed by atoms with Crippen LogP contribution in [0.5, 0.6) is 0 Å². The summed E-state index contributed by atoms with van der Waals surface area (Å²) in [4.78, 5) is 44.5. The first-order valence-corrected chi connectivity index (χ1v) is 15.0. The molecule has 1 heterocycles. The SMILES string of the molecule is CC(C)c1ccc2c(c1)CC[C@@H]1[C@]2(C)CCC[C@@]1(C)N1C(=O)C(=O)N(C2C3CC4CC(C3)CC2C4)C1=O. The van der Waals surface area contributed by atoms with Crippen LogP contribution in [0.15, 0.2) is 18.2 Å². The van der Waals surface area contributed by atoms with E-state index in [1.165, 1.54) is 32.9 Å². The van der Waals surface area contributed by atoms with E-state index in [0.717, 1.165) is 69.6 Å². The lowest BCUT2D eigenvalue weighted by Crippen LogP contribution is -2.63. The molecular formula is C32H42N2O3. The van der Waals surface area contributed by atoms with Crippen molar-refractivity contribution in [2.45, 2.75) is 115 Å². The van der Waals surface area contributed by atoms with Gasteiger partial charge in [0.05, 0.1) is 5.54 Å². The molecule has 0 unspecified atom stereocenters. The molecule has 0 spiro atoms. The molecule has 1 aliphatic heterocycles. The smallest absolute Gasteiger partial charge is 0.263 e. The molecule has 4 bridgehead atoms. The summed E-state index contributed by atoms with van der Waals surface area (Å²) >= 11 is 0. The highest BCUT2D eigenvalue weighted by molar-refractivity contribution is 6.45. The molecule has 4 amide bonds. The summed E-state index contributed by atoms with van der Waals surface area (Å²) in [6, 6.07) is 6.61. The maximum absolute atomic E-state index is 14.2. The largest absolute Gasteiger partial charge is 0.335 e. The molecule has 198 valence electrons. The van der Waals surface area contributed by atoms with Gasteiger partial charge in [-0.2, -0.15) is 0 Å². The Balaban J connectivity index is 1.23. The van der Waals surface area contributed by atoms with Crippen molar-refractivity contribution in [1.29, 1.82) is 0 Å². The monoisotopic (exact) mass is 502 g/mol. The summed E-state index contributed by atoms with van der Waals surface area (Å²) in [7, 11) is 0. The van der Waals surface area contributed by atoms with Crippen LogP contribution in [0.4, 0.5) is 4.79 Å². The van der Waals surface area contributed by atoms with Crippen LogP contribution in [0.3, 0.4) is 0 Å². The van der Waals surface area contributed by atoms with Crippen molar-refractivity contribution in [3.63, 3.8) is 0 Å². The topological polar surface area (TPSA) is 57.7 Å². The van der Waals surface area contributed by atoms with Crippen LogP contribution in [0.2, 0.25) is 0 Å². The van der Waals surface area contributed by atoms with Gasteiger partial charge in [0.1, 0.15) is 0 Å². The lowest BCUT2D eigenvalue weighted by atomic mass is 9.52. The van der Waals surface area contributed by atoms with Crippen LogP contribution in [-0.4, -0.2) is 39.2 Å². The number of hydrogen-bond donors (Lipinski definition) is 0. The van der Waals surface area contributed by atoms with Crippen molar-refractivity contribution in [3.8, 4) is 0 Å². The zero-order valence-electron chi connectivity index (χ0n) is 23.0. The zero-order chi connectivity index (χ0) is 25.9. The summed E-state index contributed by atoms with van der Waals surface area (Å²) in [5, 5.41) is 0. The van der Waals surface area contributed by atoms with Gasteiger partial charge in [-0.25, -0.2) is 9.69 Å². The Morgan fingerprint density at radius 2 is 1.57 bits per heavy atom. The van der Waals surface area contributed by atoms with E-state index in [4.69, 9.17) is 0 Å². The van der Waals surface area contributed by atoms with Crippen LogP contribution in [0, 0.1) is 29.6 Å². The fourth-order valence-electron chi connectivity index (χ4n) is 10.6. The van der Waals surface area contributed by atoms with Crippen LogP contribution < -0.4 is 0 Å². The summed E-state index contributed by atoms with van der Waals surface area (Å²) < 4.78 is 0. The van der Waals surface area contributed by atoms with Gasteiger partial charge in [0.15, 0.2) is 0 Å². The molecule has 5 nitrogen and oxygen atoms in total. The first kappa shape index (κ1) is 23.9. The Labute approximate surface area is 221 Å². The van der Waals surface area contributed by atoms with Gasteiger partial charge in [0.2, 0.25) is 0 Å². The minimum atomic E-state index is -0.633. The van der Waals surface area contributed by atoms with Crippen molar-refractivity contribution in [3.05, 3.63) is 34.9 Å². The summed E-state index contributed by atoms with van der Waals surface area (Å²) in [5.74, 6) is 1.83. The third-order valence-electron chi connectivity index (χ3n) is 12.0. The number of nitrogens with zero attached hydrogens (tertiary/aromatic N) is 2. The number of fused-ring (bicyclic) bond motifs is 3. The highest BCUT2D eigenvalue weighted by Crippen LogP contribution is 2.58. The van der Waals surface area contributed by atoms with E-state index >= 15 is 0 Å². The van der Waals surface area contributed by atoms with Crippen LogP contribution in [-0.2, 0) is 21.4 Å². The first-order chi connectivity index (χ1) is 17.6. The molecule has 8 rings (SSSR count). The fourth-order valence-corrected chi connectivity index (χ4v) is 10.6. The van der Waals surface area contributed by atoms with Crippen LogP contribution in [0.25, 0.3) is 0 Å². The molecule has 5 heteroatoms. The Morgan fingerprint density at radius 1 is 0.892 bits per heavy atom. The van der Waals surface area contributed by atoms with E-state index in [0.29, 0.717) is 17.8 Å². The first-order valence-electron chi connectivity index (χ1n) is 15.0. The van der Waals surface area contributed by atoms with Crippen molar-refractivity contribution < 1.29 is 14.4 Å². The maximum atomic E-state index is 14.2. The Kier molecular flexibility index (Phi) is 5.12. The van der Waals surface area contributed by atoms with E-state index in [1.54, 1.807) is 0 Å². The van der Waals surface area contributed by atoms with Gasteiger partial charge >= 0.3 is 17.8 Å². The van der Waals surface area contributed by atoms with Gasteiger partial charge in [-0.3, -0.25) is 14.5 Å². The van der Waals surface area contributed by atoms with Crippen LogP contribution in [0.1, 0.15) is 108 Å². The van der Waals surface area contributed by atoms with Crippen LogP contribution >= 0.6 is 0 Å². The number of amides is 4. The Hall–Kier alpha value is -2.17. The van der Waals surface area contributed by atoms with Gasteiger partial charge in [0.25, 0.3) is 0 Å². The molecule has 3 atom stereocenters. The minimum Gasteiger partial charge on any atom is -0.263 e. The second-order valence-electron chi connectivity index (χ2n) is 14.3. The predicted octanol–water partition coefficient (Wildman–Crippen LogP) is 6.19. The highest BCUT2D eigenvalue weighted by atomic mass is 16.2. The fraction of sp³-hybridized carbons (Fsp3) is 0.719. The zero-order valence-corrected chi connectivity index (χ0v) is 23.0. The number of urea groups is 1. The van der Waals surface area contributed by atoms with Crippen molar-refractivity contribution in [2.75, 3.05) is 0 Å². The van der Waals surface area contributed by atoms with Gasteiger partial charge in [-0.1, -0.05) is 45.4 Å². The molecule has 37 heavy (non-hydrogen) atoms. The van der Waals surface area contributed by atoms with Gasteiger partial charge in [0, 0.05) is 6.04 Å². The molecule has 6 fully saturated rings. The maximum Gasteiger partial charge on any atom is 0.335 e. The summed E-state index contributed by atoms with van der Waals surface area (Å²) in [5.41, 5.74) is 3.46. The van der Waals surface area contributed by atoms with Crippen molar-refractivity contribution in [1.82, 2.24) is 9.80 Å². The Bertz CT molecular complexity index is 1160. The second kappa shape index (κ2) is 7.93. The van der Waals surface area contributed by atoms with Gasteiger partial charge in [-0.05, 0) is 122 Å². The molecule has 6 aliphatic carbocycles. The number of benzene rings is 1. The van der Waals surface area contributed by atoms with E-state index in [1.807, 2.05) is 0 Å². The number of hydrogen-bond acceptors (Lipinski definition) is 3. The molecule has 1 saturated heterocycles. The number of aryl methyl sites for hydroxylation is 1. The lowest BCUT2D eigenvalue weighted by Gasteiger charge is -2.58. The average molecular weight is 503 g/mol. The summed E-state index contributed by atoms with van der Waals surface area (Å²) in [6.45, 7) is 8.95. The molecular weight excluding hydrogens is 460 g/mol. The lowest BCUT2D eigenvalue weighted by molar-refractivity contribution is -0.150. The van der Waals surface area contributed by atoms with E-state index in [-0.39, 0.29) is 23.4 Å². The molecule has 5 saturated carbocycles. The van der Waals surface area contributed by atoms with E-state index < -0.39 is 17.4 Å². The standard InChI is InChI=1S/C32H42N2O3/c1-18(2)21-6-8-25-22(17-21)7-9-26-31(25,3)10-5-11-32(26,4)34-29(36)28(35)33(30(34)37)27-23-13-19-12-20(15-23)16-24(27)14-19/h6,8,17-20,23-24,26-27H,5,7,9-16H2,1-4H3/t19?,20?,23?,24?,26-,27?,31-,32-/m1/s1. The molecule has 0 N–H and O–H groups in total. The number of carbonyl (C=O) groups is 3.